The lowest BCUT2D eigenvalue weighted by Crippen LogP contribution is -2.02. The molecule has 0 aliphatic heterocycles. The van der Waals surface area contributed by atoms with Gasteiger partial charge in [0.05, 0.1) is 48.2 Å². The van der Waals surface area contributed by atoms with E-state index in [-0.39, 0.29) is 11.4 Å². The van der Waals surface area contributed by atoms with Gasteiger partial charge in [-0.3, -0.25) is 14.9 Å². The molecule has 0 saturated carbocycles. The van der Waals surface area contributed by atoms with Crippen molar-refractivity contribution in [3.63, 3.8) is 0 Å². The molecule has 3 aromatic carbocycles. The first-order valence-electron chi connectivity index (χ1n) is 12.4. The molecule has 0 fully saturated rings. The minimum atomic E-state index is -0.549. The number of imidazole rings is 1. The second-order valence-electron chi connectivity index (χ2n) is 8.34. The molecule has 0 aliphatic carbocycles. The number of nitrogens with two attached hydrogens (primary N) is 1. The number of benzene rings is 3. The number of carbonyl (C=O) groups excluding carboxylic acids is 1. The lowest BCUT2D eigenvalue weighted by Gasteiger charge is -2.07. The fourth-order valence-electron chi connectivity index (χ4n) is 3.48. The van der Waals surface area contributed by atoms with Gasteiger partial charge in [0.2, 0.25) is 0 Å². The summed E-state index contributed by atoms with van der Waals surface area (Å²) in [5.41, 5.74) is 10.8. The first-order chi connectivity index (χ1) is 19.3. The molecule has 0 aliphatic rings. The number of nitro groups is 1. The Bertz CT molecular complexity index is 1530. The highest BCUT2D eigenvalue weighted by Gasteiger charge is 2.13. The Morgan fingerprint density at radius 3 is 2.38 bits per heavy atom. The molecule has 4 aromatic rings. The number of methoxy groups -OCH3 is 1. The average Bonchev–Trinajstić information content (AvgIpc) is 3.39. The standard InChI is InChI=1S/C11H12N2O.C10H13N3.C8H6N2O3/c1-2-5-13-8-12-10-4-3-9(7-14)6-11(10)13;1-3-6-13-10-7-8(12-2)4-5-9(10)11;1-9-6-3-4-7(10(11)12)8(5-6)13-2/h3-4,6-8H,2,5H2,1H3;4-5,7,13H,3,6,11H2,1H3;3-5H,2H3. The number of hydrogen-bond acceptors (Lipinski definition) is 7. The molecule has 0 atom stereocenters. The van der Waals surface area contributed by atoms with Crippen LogP contribution in [0.3, 0.4) is 0 Å². The van der Waals surface area contributed by atoms with Crippen molar-refractivity contribution in [3.8, 4) is 5.75 Å². The van der Waals surface area contributed by atoms with Gasteiger partial charge in [0.25, 0.3) is 0 Å². The topological polar surface area (TPSA) is 134 Å². The van der Waals surface area contributed by atoms with E-state index in [1.54, 1.807) is 24.3 Å². The Hall–Kier alpha value is -5.42. The van der Waals surface area contributed by atoms with Gasteiger partial charge in [-0.25, -0.2) is 14.7 Å². The molecule has 0 bridgehead atoms. The molecule has 0 radical (unpaired) electrons. The van der Waals surface area contributed by atoms with E-state index >= 15 is 0 Å². The van der Waals surface area contributed by atoms with Gasteiger partial charge in [0.15, 0.2) is 17.1 Å². The van der Waals surface area contributed by atoms with E-state index in [9.17, 15) is 14.9 Å². The van der Waals surface area contributed by atoms with Gasteiger partial charge in [0, 0.05) is 30.4 Å². The molecule has 0 amide bonds. The van der Waals surface area contributed by atoms with Gasteiger partial charge in [0.1, 0.15) is 6.29 Å². The van der Waals surface area contributed by atoms with Gasteiger partial charge in [-0.1, -0.05) is 19.9 Å². The summed E-state index contributed by atoms with van der Waals surface area (Å²) >= 11 is 0. The van der Waals surface area contributed by atoms with Crippen LogP contribution >= 0.6 is 0 Å². The summed E-state index contributed by atoms with van der Waals surface area (Å²) < 4.78 is 6.84. The van der Waals surface area contributed by atoms with Crippen molar-refractivity contribution in [2.75, 3.05) is 24.7 Å². The van der Waals surface area contributed by atoms with Gasteiger partial charge < -0.3 is 20.4 Å². The molecule has 206 valence electrons. The zero-order valence-corrected chi connectivity index (χ0v) is 22.6. The van der Waals surface area contributed by atoms with E-state index in [4.69, 9.17) is 23.6 Å². The van der Waals surface area contributed by atoms with Crippen LogP contribution in [-0.2, 0) is 6.54 Å². The highest BCUT2D eigenvalue weighted by Crippen LogP contribution is 2.30. The predicted octanol–water partition coefficient (Wildman–Crippen LogP) is 7.05. The number of carbonyl (C=O) groups is 1. The summed E-state index contributed by atoms with van der Waals surface area (Å²) in [5.74, 6) is 0.110. The van der Waals surface area contributed by atoms with Gasteiger partial charge >= 0.3 is 5.69 Å². The molecule has 1 heterocycles. The summed E-state index contributed by atoms with van der Waals surface area (Å²) in [4.78, 5) is 31.2. The first-order valence-corrected chi connectivity index (χ1v) is 12.4. The van der Waals surface area contributed by atoms with E-state index < -0.39 is 4.92 Å². The van der Waals surface area contributed by atoms with Crippen LogP contribution in [0.1, 0.15) is 37.0 Å². The first kappa shape index (κ1) is 30.8. The normalized spacial score (nSPS) is 9.62. The number of nitro benzene ring substituents is 1. The van der Waals surface area contributed by atoms with E-state index in [1.807, 2.05) is 18.5 Å². The predicted molar refractivity (Wildman–Crippen MR) is 157 cm³/mol. The van der Waals surface area contributed by atoms with Gasteiger partial charge in [-0.05, 0) is 55.3 Å². The van der Waals surface area contributed by atoms with Crippen molar-refractivity contribution in [1.29, 1.82) is 0 Å². The minimum absolute atomic E-state index is 0.110. The number of fused-ring (bicyclic) bond motifs is 1. The Balaban J connectivity index is 0.000000210. The molecule has 40 heavy (non-hydrogen) atoms. The second-order valence-corrected chi connectivity index (χ2v) is 8.34. The molecular weight excluding hydrogens is 510 g/mol. The van der Waals surface area contributed by atoms with Crippen molar-refractivity contribution < 1.29 is 14.5 Å². The van der Waals surface area contributed by atoms with Crippen LogP contribution in [-0.4, -0.2) is 34.4 Å². The summed E-state index contributed by atoms with van der Waals surface area (Å²) in [6.07, 6.45) is 4.80. The Labute approximate surface area is 233 Å². The highest BCUT2D eigenvalue weighted by molar-refractivity contribution is 5.85. The summed E-state index contributed by atoms with van der Waals surface area (Å²) in [5, 5.41) is 13.6. The van der Waals surface area contributed by atoms with E-state index in [0.29, 0.717) is 22.6 Å². The van der Waals surface area contributed by atoms with Crippen molar-refractivity contribution >= 4 is 45.8 Å². The van der Waals surface area contributed by atoms with Crippen LogP contribution in [0.5, 0.6) is 5.75 Å². The monoisotopic (exact) mass is 541 g/mol. The molecule has 11 heteroatoms. The lowest BCUT2D eigenvalue weighted by atomic mass is 10.2. The van der Waals surface area contributed by atoms with Crippen molar-refractivity contribution in [2.45, 2.75) is 33.2 Å². The maximum Gasteiger partial charge on any atom is 0.308 e. The average molecular weight is 542 g/mol. The minimum Gasteiger partial charge on any atom is -0.491 e. The van der Waals surface area contributed by atoms with Crippen molar-refractivity contribution in [1.82, 2.24) is 9.55 Å². The molecule has 4 rings (SSSR count). The number of aryl methyl sites for hydroxylation is 1. The van der Waals surface area contributed by atoms with Gasteiger partial charge in [-0.15, -0.1) is 0 Å². The number of aldehydes is 1. The smallest absolute Gasteiger partial charge is 0.308 e. The lowest BCUT2D eigenvalue weighted by molar-refractivity contribution is -0.385. The SMILES string of the molecule is CCCn1cnc2ccc(C=O)cc21.[C-]#[N+]c1ccc(N)c(NCCC)c1.[C-]#[N+]c1ccc([N+](=O)[O-])c(OC)c1. The van der Waals surface area contributed by atoms with Crippen molar-refractivity contribution in [3.05, 3.63) is 99.4 Å². The summed E-state index contributed by atoms with van der Waals surface area (Å²) in [7, 11) is 1.33. The summed E-state index contributed by atoms with van der Waals surface area (Å²) in [6, 6.07) is 14.8. The third-order valence-electron chi connectivity index (χ3n) is 5.47. The van der Waals surface area contributed by atoms with E-state index in [0.717, 1.165) is 48.9 Å². The van der Waals surface area contributed by atoms with Crippen LogP contribution in [0.2, 0.25) is 0 Å². The van der Waals surface area contributed by atoms with E-state index in [1.165, 1.54) is 25.3 Å². The highest BCUT2D eigenvalue weighted by atomic mass is 16.6. The quantitative estimate of drug-likeness (QED) is 0.0802. The molecular formula is C29H31N7O4. The number of anilines is 2. The largest absolute Gasteiger partial charge is 0.491 e. The van der Waals surface area contributed by atoms with Crippen LogP contribution in [0.25, 0.3) is 20.7 Å². The number of ether oxygens (including phenoxy) is 1. The maximum absolute atomic E-state index is 10.6. The molecule has 0 spiro atoms. The third-order valence-corrected chi connectivity index (χ3v) is 5.47. The zero-order chi connectivity index (χ0) is 29.5. The van der Waals surface area contributed by atoms with Gasteiger partial charge in [-0.2, -0.15) is 0 Å². The number of rotatable bonds is 8. The molecule has 0 unspecified atom stereocenters. The molecule has 1 aromatic heterocycles. The van der Waals surface area contributed by atoms with E-state index in [2.05, 4.69) is 38.4 Å². The maximum atomic E-state index is 10.6. The Morgan fingerprint density at radius 2 is 1.77 bits per heavy atom. The number of aromatic nitrogens is 2. The van der Waals surface area contributed by atoms with Crippen LogP contribution < -0.4 is 15.8 Å². The molecule has 0 saturated heterocycles. The number of nitrogen functional groups attached to an aromatic ring is 1. The number of nitrogens with one attached hydrogen (secondary N) is 1. The third kappa shape index (κ3) is 8.57. The fourth-order valence-corrected chi connectivity index (χ4v) is 3.48. The summed E-state index contributed by atoms with van der Waals surface area (Å²) in [6.45, 7) is 19.6. The molecule has 3 N–H and O–H groups in total. The van der Waals surface area contributed by atoms with Crippen LogP contribution in [0, 0.1) is 23.3 Å². The zero-order valence-electron chi connectivity index (χ0n) is 22.6. The Morgan fingerprint density at radius 1 is 1.07 bits per heavy atom. The molecule has 11 nitrogen and oxygen atoms in total. The number of nitrogens with zero attached hydrogens (tertiary/aromatic N) is 5. The Kier molecular flexibility index (Phi) is 12.1. The number of hydrogen-bond donors (Lipinski definition) is 2. The van der Waals surface area contributed by atoms with Crippen molar-refractivity contribution in [2.24, 2.45) is 0 Å². The second kappa shape index (κ2) is 15.7. The fraction of sp³-hybridized carbons (Fsp3) is 0.241. The van der Waals surface area contributed by atoms with Crippen LogP contribution in [0.15, 0.2) is 60.9 Å². The van der Waals surface area contributed by atoms with Crippen LogP contribution in [0.4, 0.5) is 28.4 Å².